The number of anilines is 1. The lowest BCUT2D eigenvalue weighted by atomic mass is 10.1. The van der Waals surface area contributed by atoms with E-state index in [1.165, 1.54) is 37.3 Å². The Balaban J connectivity index is 2.13. The molecule has 0 aliphatic heterocycles. The van der Waals surface area contributed by atoms with Gasteiger partial charge in [0.2, 0.25) is 11.8 Å². The van der Waals surface area contributed by atoms with Gasteiger partial charge >= 0.3 is 0 Å². The number of sulfonamides is 1. The van der Waals surface area contributed by atoms with Gasteiger partial charge in [-0.1, -0.05) is 47.5 Å². The maximum Gasteiger partial charge on any atom is 0.264 e. The van der Waals surface area contributed by atoms with E-state index in [-0.39, 0.29) is 28.8 Å². The Kier molecular flexibility index (Phi) is 10.3. The van der Waals surface area contributed by atoms with Crippen molar-refractivity contribution in [1.82, 2.24) is 10.2 Å². The van der Waals surface area contributed by atoms with Gasteiger partial charge in [-0.25, -0.2) is 8.42 Å². The zero-order chi connectivity index (χ0) is 31.2. The smallest absolute Gasteiger partial charge is 0.264 e. The number of methoxy groups -OCH3 is 2. The Hall–Kier alpha value is -4.05. The van der Waals surface area contributed by atoms with Crippen molar-refractivity contribution in [1.29, 1.82) is 0 Å². The number of benzene rings is 3. The van der Waals surface area contributed by atoms with Crippen LogP contribution >= 0.6 is 0 Å². The summed E-state index contributed by atoms with van der Waals surface area (Å²) in [7, 11) is -1.37. The Labute approximate surface area is 249 Å². The summed E-state index contributed by atoms with van der Waals surface area (Å²) >= 11 is 0. The molecule has 226 valence electrons. The second-order valence-electron chi connectivity index (χ2n) is 11.3. The minimum absolute atomic E-state index is 0.00883. The minimum Gasteiger partial charge on any atom is -0.497 e. The molecule has 9 nitrogen and oxygen atoms in total. The normalized spacial score (nSPS) is 12.3. The number of amides is 2. The quantitative estimate of drug-likeness (QED) is 0.340. The van der Waals surface area contributed by atoms with Crippen LogP contribution in [-0.4, -0.2) is 57.5 Å². The van der Waals surface area contributed by atoms with Crippen molar-refractivity contribution in [2.45, 2.75) is 64.6 Å². The topological polar surface area (TPSA) is 105 Å². The van der Waals surface area contributed by atoms with Crippen LogP contribution in [0.25, 0.3) is 0 Å². The first-order valence-corrected chi connectivity index (χ1v) is 15.1. The average Bonchev–Trinajstić information content (AvgIpc) is 2.93. The lowest BCUT2D eigenvalue weighted by Gasteiger charge is -2.34. The molecular weight excluding hydrogens is 554 g/mol. The number of nitrogens with zero attached hydrogens (tertiary/aromatic N) is 2. The molecule has 10 heteroatoms. The number of rotatable bonds is 11. The third-order valence-corrected chi connectivity index (χ3v) is 8.42. The molecule has 0 bridgehead atoms. The summed E-state index contributed by atoms with van der Waals surface area (Å²) in [5.41, 5.74) is 2.30. The molecule has 0 saturated carbocycles. The zero-order valence-corrected chi connectivity index (χ0v) is 26.4. The number of ether oxygens (including phenoxy) is 2. The van der Waals surface area contributed by atoms with Gasteiger partial charge in [0.15, 0.2) is 0 Å². The van der Waals surface area contributed by atoms with Gasteiger partial charge in [-0.3, -0.25) is 13.9 Å². The Morgan fingerprint density at radius 2 is 1.57 bits per heavy atom. The highest BCUT2D eigenvalue weighted by molar-refractivity contribution is 7.92. The van der Waals surface area contributed by atoms with E-state index in [1.54, 1.807) is 31.2 Å². The van der Waals surface area contributed by atoms with Gasteiger partial charge in [0.05, 0.1) is 24.8 Å². The van der Waals surface area contributed by atoms with Gasteiger partial charge in [0.25, 0.3) is 10.0 Å². The summed E-state index contributed by atoms with van der Waals surface area (Å²) in [6.45, 7) is 10.5. The molecule has 0 spiro atoms. The maximum atomic E-state index is 14.2. The fourth-order valence-corrected chi connectivity index (χ4v) is 5.82. The minimum atomic E-state index is -4.26. The first-order valence-electron chi connectivity index (χ1n) is 13.6. The lowest BCUT2D eigenvalue weighted by molar-refractivity contribution is -0.140. The molecule has 3 aromatic rings. The van der Waals surface area contributed by atoms with Gasteiger partial charge < -0.3 is 19.7 Å². The first-order chi connectivity index (χ1) is 19.7. The molecule has 0 radical (unpaired) electrons. The van der Waals surface area contributed by atoms with Gasteiger partial charge in [0.1, 0.15) is 24.1 Å². The number of carbonyl (C=O) groups excluding carboxylic acids is 2. The molecule has 3 aromatic carbocycles. The van der Waals surface area contributed by atoms with Crippen LogP contribution in [0, 0.1) is 13.8 Å². The van der Waals surface area contributed by atoms with Crippen LogP contribution in [-0.2, 0) is 26.2 Å². The van der Waals surface area contributed by atoms with Crippen LogP contribution in [0.2, 0.25) is 0 Å². The van der Waals surface area contributed by atoms with Gasteiger partial charge in [0, 0.05) is 18.2 Å². The van der Waals surface area contributed by atoms with Crippen LogP contribution in [0.1, 0.15) is 44.4 Å². The molecule has 0 saturated heterocycles. The van der Waals surface area contributed by atoms with Crippen molar-refractivity contribution >= 4 is 27.5 Å². The second-order valence-corrected chi connectivity index (χ2v) is 13.2. The van der Waals surface area contributed by atoms with Crippen LogP contribution in [0.4, 0.5) is 5.69 Å². The Morgan fingerprint density at radius 3 is 2.14 bits per heavy atom. The molecule has 0 aliphatic carbocycles. The highest BCUT2D eigenvalue weighted by atomic mass is 32.2. The number of carbonyl (C=O) groups is 2. The SMILES string of the molecule is COc1ccc(OC)c(N(CC(=O)N(Cc2cccc(C)c2)[C@@H](C)C(=O)NC(C)(C)C)S(=O)(=O)c2ccc(C)cc2)c1. The molecule has 2 amide bonds. The van der Waals surface area contributed by atoms with E-state index in [9.17, 15) is 18.0 Å². The van der Waals surface area contributed by atoms with E-state index in [0.717, 1.165) is 21.0 Å². The summed E-state index contributed by atoms with van der Waals surface area (Å²) in [6.07, 6.45) is 0. The zero-order valence-electron chi connectivity index (χ0n) is 25.6. The van der Waals surface area contributed by atoms with E-state index < -0.39 is 34.1 Å². The van der Waals surface area contributed by atoms with Crippen molar-refractivity contribution in [3.05, 3.63) is 83.4 Å². The fourth-order valence-electron chi connectivity index (χ4n) is 4.41. The highest BCUT2D eigenvalue weighted by Crippen LogP contribution is 2.36. The van der Waals surface area contributed by atoms with Crippen LogP contribution < -0.4 is 19.1 Å². The van der Waals surface area contributed by atoms with Crippen LogP contribution in [0.5, 0.6) is 11.5 Å². The van der Waals surface area contributed by atoms with Gasteiger partial charge in [-0.05, 0) is 71.4 Å². The fraction of sp³-hybridized carbons (Fsp3) is 0.375. The largest absolute Gasteiger partial charge is 0.497 e. The predicted molar refractivity (Wildman–Crippen MR) is 164 cm³/mol. The molecular formula is C32H41N3O6S. The summed E-state index contributed by atoms with van der Waals surface area (Å²) in [5.74, 6) is -0.288. The van der Waals surface area contributed by atoms with E-state index in [2.05, 4.69) is 5.32 Å². The molecule has 0 aromatic heterocycles. The molecule has 0 unspecified atom stereocenters. The Bertz CT molecular complexity index is 1510. The molecule has 0 fully saturated rings. The third-order valence-electron chi connectivity index (χ3n) is 6.64. The molecule has 42 heavy (non-hydrogen) atoms. The monoisotopic (exact) mass is 595 g/mol. The number of hydrogen-bond acceptors (Lipinski definition) is 6. The van der Waals surface area contributed by atoms with Crippen molar-refractivity contribution in [3.8, 4) is 11.5 Å². The van der Waals surface area contributed by atoms with Crippen molar-refractivity contribution in [2.24, 2.45) is 0 Å². The second kappa shape index (κ2) is 13.3. The third kappa shape index (κ3) is 8.03. The summed E-state index contributed by atoms with van der Waals surface area (Å²) in [5, 5.41) is 2.93. The average molecular weight is 596 g/mol. The van der Waals surface area contributed by atoms with E-state index in [4.69, 9.17) is 9.47 Å². The summed E-state index contributed by atoms with van der Waals surface area (Å²) < 4.78 is 40.2. The predicted octanol–water partition coefficient (Wildman–Crippen LogP) is 4.85. The maximum absolute atomic E-state index is 14.2. The molecule has 1 atom stereocenters. The van der Waals surface area contributed by atoms with Crippen LogP contribution in [0.3, 0.4) is 0 Å². The van der Waals surface area contributed by atoms with E-state index in [1.807, 2.05) is 58.9 Å². The highest BCUT2D eigenvalue weighted by Gasteiger charge is 2.34. The Morgan fingerprint density at radius 1 is 0.905 bits per heavy atom. The standard InChI is InChI=1S/C32H41N3O6S/c1-22-12-15-27(16-13-22)42(38,39)35(28-19-26(40-7)14-17-29(28)41-8)21-30(36)34(20-25-11-9-10-23(2)18-25)24(3)31(37)33-32(4,5)6/h9-19,24H,20-21H2,1-8H3,(H,33,37)/t24-/m0/s1. The number of hydrogen-bond donors (Lipinski definition) is 1. The van der Waals surface area contributed by atoms with Gasteiger partial charge in [-0.2, -0.15) is 0 Å². The molecule has 1 N–H and O–H groups in total. The first kappa shape index (κ1) is 32.5. The lowest BCUT2D eigenvalue weighted by Crippen LogP contribution is -2.54. The molecule has 0 heterocycles. The van der Waals surface area contributed by atoms with Crippen LogP contribution in [0.15, 0.2) is 71.6 Å². The van der Waals surface area contributed by atoms with Gasteiger partial charge in [-0.15, -0.1) is 0 Å². The molecule has 0 aliphatic rings. The number of aryl methyl sites for hydroxylation is 2. The van der Waals surface area contributed by atoms with Crippen molar-refractivity contribution < 1.29 is 27.5 Å². The van der Waals surface area contributed by atoms with E-state index >= 15 is 0 Å². The van der Waals surface area contributed by atoms with Crippen molar-refractivity contribution in [2.75, 3.05) is 25.1 Å². The molecule has 3 rings (SSSR count). The van der Waals surface area contributed by atoms with E-state index in [0.29, 0.717) is 5.75 Å². The summed E-state index contributed by atoms with van der Waals surface area (Å²) in [4.78, 5) is 28.9. The number of nitrogens with one attached hydrogen (secondary N) is 1. The van der Waals surface area contributed by atoms with Crippen molar-refractivity contribution in [3.63, 3.8) is 0 Å². The summed E-state index contributed by atoms with van der Waals surface area (Å²) in [6, 6.07) is 17.8.